The summed E-state index contributed by atoms with van der Waals surface area (Å²) < 4.78 is 5.23. The van der Waals surface area contributed by atoms with Gasteiger partial charge in [0.25, 0.3) is 0 Å². The third-order valence-corrected chi connectivity index (χ3v) is 2.12. The van der Waals surface area contributed by atoms with Crippen molar-refractivity contribution in [2.75, 3.05) is 26.3 Å². The number of morpholine rings is 1. The monoisotopic (exact) mass is 173 g/mol. The second kappa shape index (κ2) is 4.42. The van der Waals surface area contributed by atoms with Crippen LogP contribution in [0.2, 0.25) is 0 Å². The molecule has 1 fully saturated rings. The summed E-state index contributed by atoms with van der Waals surface area (Å²) in [5.74, 6) is -0.728. The molecule has 1 aliphatic rings. The molecule has 0 aromatic carbocycles. The highest BCUT2D eigenvalue weighted by Gasteiger charge is 2.18. The summed E-state index contributed by atoms with van der Waals surface area (Å²) in [4.78, 5) is 12.4. The van der Waals surface area contributed by atoms with E-state index in [1.807, 2.05) is 0 Å². The van der Waals surface area contributed by atoms with E-state index in [4.69, 9.17) is 9.84 Å². The van der Waals surface area contributed by atoms with Crippen molar-refractivity contribution in [2.45, 2.75) is 19.4 Å². The fourth-order valence-corrected chi connectivity index (χ4v) is 1.33. The van der Waals surface area contributed by atoms with E-state index in [1.54, 1.807) is 0 Å². The van der Waals surface area contributed by atoms with Crippen LogP contribution in [0.1, 0.15) is 13.3 Å². The summed E-state index contributed by atoms with van der Waals surface area (Å²) in [5.41, 5.74) is 0. The molecule has 0 saturated carbocycles. The predicted molar refractivity (Wildman–Crippen MR) is 44.1 cm³/mol. The molecular weight excluding hydrogens is 158 g/mol. The Balaban J connectivity index is 2.24. The SMILES string of the molecule is CC1COCCN1CCC(=O)O. The standard InChI is InChI=1S/C8H15NO3/c1-7-6-12-5-4-9(7)3-2-8(10)11/h7H,2-6H2,1H3,(H,10,11). The lowest BCUT2D eigenvalue weighted by Gasteiger charge is -2.32. The molecule has 0 radical (unpaired) electrons. The van der Waals surface area contributed by atoms with E-state index in [-0.39, 0.29) is 6.42 Å². The number of carbonyl (C=O) groups is 1. The van der Waals surface area contributed by atoms with Crippen LogP contribution in [0.25, 0.3) is 0 Å². The molecule has 0 bridgehead atoms. The van der Waals surface area contributed by atoms with Crippen LogP contribution in [0.4, 0.5) is 0 Å². The van der Waals surface area contributed by atoms with Gasteiger partial charge in [0, 0.05) is 19.1 Å². The summed E-state index contributed by atoms with van der Waals surface area (Å²) >= 11 is 0. The second-order valence-corrected chi connectivity index (χ2v) is 3.10. The molecule has 4 heteroatoms. The molecule has 0 aromatic heterocycles. The average molecular weight is 173 g/mol. The number of hydrogen-bond acceptors (Lipinski definition) is 3. The number of hydrogen-bond donors (Lipinski definition) is 1. The Morgan fingerprint density at radius 2 is 2.50 bits per heavy atom. The van der Waals surface area contributed by atoms with Gasteiger partial charge in [-0.15, -0.1) is 0 Å². The van der Waals surface area contributed by atoms with Gasteiger partial charge in [-0.2, -0.15) is 0 Å². The maximum absolute atomic E-state index is 10.3. The number of carboxylic acids is 1. The summed E-state index contributed by atoms with van der Waals surface area (Å²) in [6.45, 7) is 5.00. The normalized spacial score (nSPS) is 25.6. The molecule has 12 heavy (non-hydrogen) atoms. The molecule has 1 heterocycles. The zero-order valence-corrected chi connectivity index (χ0v) is 7.32. The van der Waals surface area contributed by atoms with Crippen LogP contribution in [0.5, 0.6) is 0 Å². The van der Waals surface area contributed by atoms with Crippen molar-refractivity contribution in [1.82, 2.24) is 4.90 Å². The molecule has 1 saturated heterocycles. The van der Waals surface area contributed by atoms with Gasteiger partial charge in [0.2, 0.25) is 0 Å². The quantitative estimate of drug-likeness (QED) is 0.661. The Kier molecular flexibility index (Phi) is 3.49. The Morgan fingerprint density at radius 1 is 1.75 bits per heavy atom. The first-order valence-electron chi connectivity index (χ1n) is 4.23. The van der Waals surface area contributed by atoms with Crippen LogP contribution < -0.4 is 0 Å². The minimum atomic E-state index is -0.728. The maximum Gasteiger partial charge on any atom is 0.304 e. The van der Waals surface area contributed by atoms with Crippen LogP contribution in [0.15, 0.2) is 0 Å². The van der Waals surface area contributed by atoms with Gasteiger partial charge in [-0.25, -0.2) is 0 Å². The van der Waals surface area contributed by atoms with E-state index in [2.05, 4.69) is 11.8 Å². The number of carboxylic acid groups (broad SMARTS) is 1. The van der Waals surface area contributed by atoms with E-state index < -0.39 is 5.97 Å². The van der Waals surface area contributed by atoms with Gasteiger partial charge < -0.3 is 9.84 Å². The molecule has 4 nitrogen and oxygen atoms in total. The van der Waals surface area contributed by atoms with Crippen LogP contribution in [0.3, 0.4) is 0 Å². The summed E-state index contributed by atoms with van der Waals surface area (Å²) in [6.07, 6.45) is 0.227. The van der Waals surface area contributed by atoms with Gasteiger partial charge in [-0.1, -0.05) is 0 Å². The van der Waals surface area contributed by atoms with Crippen molar-refractivity contribution < 1.29 is 14.6 Å². The number of rotatable bonds is 3. The summed E-state index contributed by atoms with van der Waals surface area (Å²) in [6, 6.07) is 0.359. The molecule has 1 N–H and O–H groups in total. The lowest BCUT2D eigenvalue weighted by atomic mass is 10.2. The Hall–Kier alpha value is -0.610. The third kappa shape index (κ3) is 2.79. The second-order valence-electron chi connectivity index (χ2n) is 3.10. The number of ether oxygens (including phenoxy) is 1. The Labute approximate surface area is 72.1 Å². The van der Waals surface area contributed by atoms with Crippen LogP contribution in [-0.4, -0.2) is 48.3 Å². The van der Waals surface area contributed by atoms with Crippen molar-refractivity contribution in [3.63, 3.8) is 0 Å². The first-order chi connectivity index (χ1) is 5.70. The molecule has 1 atom stereocenters. The highest BCUT2D eigenvalue weighted by Crippen LogP contribution is 2.05. The van der Waals surface area contributed by atoms with Gasteiger partial charge >= 0.3 is 5.97 Å². The van der Waals surface area contributed by atoms with Crippen molar-refractivity contribution in [3.8, 4) is 0 Å². The van der Waals surface area contributed by atoms with Gasteiger partial charge in [-0.05, 0) is 6.92 Å². The average Bonchev–Trinajstić information content (AvgIpc) is 2.03. The molecule has 1 rings (SSSR count). The topological polar surface area (TPSA) is 49.8 Å². The van der Waals surface area contributed by atoms with E-state index in [0.717, 1.165) is 19.8 Å². The molecule has 0 amide bonds. The van der Waals surface area contributed by atoms with E-state index >= 15 is 0 Å². The van der Waals surface area contributed by atoms with Crippen LogP contribution in [0, 0.1) is 0 Å². The Bertz CT molecular complexity index is 160. The highest BCUT2D eigenvalue weighted by molar-refractivity contribution is 5.66. The van der Waals surface area contributed by atoms with Crippen LogP contribution >= 0.6 is 0 Å². The minimum Gasteiger partial charge on any atom is -0.481 e. The van der Waals surface area contributed by atoms with Crippen molar-refractivity contribution in [3.05, 3.63) is 0 Å². The van der Waals surface area contributed by atoms with E-state index in [1.165, 1.54) is 0 Å². The first kappa shape index (κ1) is 9.48. The number of aliphatic carboxylic acids is 1. The molecular formula is C8H15NO3. The third-order valence-electron chi connectivity index (χ3n) is 2.12. The first-order valence-corrected chi connectivity index (χ1v) is 4.23. The van der Waals surface area contributed by atoms with Crippen LogP contribution in [-0.2, 0) is 9.53 Å². The maximum atomic E-state index is 10.3. The van der Waals surface area contributed by atoms with Crippen molar-refractivity contribution in [1.29, 1.82) is 0 Å². The minimum absolute atomic E-state index is 0.227. The smallest absolute Gasteiger partial charge is 0.304 e. The van der Waals surface area contributed by atoms with Gasteiger partial charge in [0.05, 0.1) is 19.6 Å². The molecule has 1 aliphatic heterocycles. The highest BCUT2D eigenvalue weighted by atomic mass is 16.5. The fourth-order valence-electron chi connectivity index (χ4n) is 1.33. The molecule has 0 spiro atoms. The molecule has 0 aliphatic carbocycles. The fraction of sp³-hybridized carbons (Fsp3) is 0.875. The van der Waals surface area contributed by atoms with Gasteiger partial charge in [0.15, 0.2) is 0 Å². The molecule has 70 valence electrons. The molecule has 1 unspecified atom stereocenters. The zero-order valence-electron chi connectivity index (χ0n) is 7.32. The Morgan fingerprint density at radius 3 is 3.08 bits per heavy atom. The lowest BCUT2D eigenvalue weighted by molar-refractivity contribution is -0.137. The van der Waals surface area contributed by atoms with Crippen molar-refractivity contribution in [2.24, 2.45) is 0 Å². The van der Waals surface area contributed by atoms with Gasteiger partial charge in [-0.3, -0.25) is 9.69 Å². The molecule has 0 aromatic rings. The lowest BCUT2D eigenvalue weighted by Crippen LogP contribution is -2.44. The summed E-state index contributed by atoms with van der Waals surface area (Å²) in [7, 11) is 0. The summed E-state index contributed by atoms with van der Waals surface area (Å²) in [5, 5.41) is 8.47. The number of nitrogens with zero attached hydrogens (tertiary/aromatic N) is 1. The largest absolute Gasteiger partial charge is 0.481 e. The van der Waals surface area contributed by atoms with Gasteiger partial charge in [0.1, 0.15) is 0 Å². The zero-order chi connectivity index (χ0) is 8.97. The van der Waals surface area contributed by atoms with E-state index in [0.29, 0.717) is 12.6 Å². The van der Waals surface area contributed by atoms with Crippen molar-refractivity contribution >= 4 is 5.97 Å². The predicted octanol–water partition coefficient (Wildman–Crippen LogP) is 0.182. The van der Waals surface area contributed by atoms with E-state index in [9.17, 15) is 4.79 Å².